The number of nitrogens with one attached hydrogen (secondary N) is 1. The number of halogens is 1. The predicted octanol–water partition coefficient (Wildman–Crippen LogP) is 5.43. The summed E-state index contributed by atoms with van der Waals surface area (Å²) in [6.45, 7) is 8.43. The van der Waals surface area contributed by atoms with E-state index in [-0.39, 0.29) is 11.6 Å². The monoisotopic (exact) mass is 329 g/mol. The molecule has 1 aliphatic rings. The summed E-state index contributed by atoms with van der Waals surface area (Å²) in [5.74, 6) is 0.809. The van der Waals surface area contributed by atoms with E-state index in [4.69, 9.17) is 16.3 Å². The average molecular weight is 330 g/mol. The van der Waals surface area contributed by atoms with Gasteiger partial charge in [-0.15, -0.1) is 11.3 Å². The van der Waals surface area contributed by atoms with Crippen LogP contribution in [0.5, 0.6) is 0 Å². The van der Waals surface area contributed by atoms with Crippen molar-refractivity contribution in [2.45, 2.75) is 64.5 Å². The molecule has 0 amide bonds. The van der Waals surface area contributed by atoms with Crippen LogP contribution in [-0.2, 0) is 4.74 Å². The minimum absolute atomic E-state index is 0.0923. The van der Waals surface area contributed by atoms with Gasteiger partial charge in [0.15, 0.2) is 0 Å². The molecular formula is C17H28ClNOS. The maximum atomic E-state index is 6.44. The van der Waals surface area contributed by atoms with Crippen LogP contribution in [0, 0.1) is 5.92 Å². The Morgan fingerprint density at radius 2 is 2.14 bits per heavy atom. The van der Waals surface area contributed by atoms with E-state index >= 15 is 0 Å². The van der Waals surface area contributed by atoms with E-state index in [1.165, 1.54) is 17.7 Å². The van der Waals surface area contributed by atoms with Crippen LogP contribution in [0.1, 0.15) is 63.8 Å². The summed E-state index contributed by atoms with van der Waals surface area (Å²) in [6, 6.07) is 2.23. The number of ether oxygens (including phenoxy) is 1. The molecule has 0 radical (unpaired) electrons. The lowest BCUT2D eigenvalue weighted by Gasteiger charge is -2.45. The lowest BCUT2D eigenvalue weighted by atomic mass is 9.74. The highest BCUT2D eigenvalue weighted by Crippen LogP contribution is 2.46. The van der Waals surface area contributed by atoms with Gasteiger partial charge in [0.1, 0.15) is 0 Å². The second-order valence-corrected chi connectivity index (χ2v) is 7.56. The number of thiophene rings is 1. The minimum atomic E-state index is -0.0923. The first-order valence-corrected chi connectivity index (χ1v) is 9.49. The Balaban J connectivity index is 2.29. The fourth-order valence-electron chi connectivity index (χ4n) is 3.37. The Kier molecular flexibility index (Phi) is 6.54. The molecule has 1 fully saturated rings. The second kappa shape index (κ2) is 7.96. The third-order valence-electron chi connectivity index (χ3n) is 4.58. The van der Waals surface area contributed by atoms with Crippen LogP contribution in [0.3, 0.4) is 0 Å². The SMILES string of the molecule is CCCNC(c1sccc1Cl)C1(OCC)CCC(C)CC1. The highest BCUT2D eigenvalue weighted by molar-refractivity contribution is 7.10. The van der Waals surface area contributed by atoms with Crippen LogP contribution in [0.4, 0.5) is 0 Å². The van der Waals surface area contributed by atoms with Gasteiger partial charge in [0.25, 0.3) is 0 Å². The highest BCUT2D eigenvalue weighted by Gasteiger charge is 2.43. The van der Waals surface area contributed by atoms with E-state index in [0.717, 1.165) is 43.4 Å². The molecule has 1 unspecified atom stereocenters. The van der Waals surface area contributed by atoms with Gasteiger partial charge in [-0.3, -0.25) is 0 Å². The molecule has 21 heavy (non-hydrogen) atoms. The van der Waals surface area contributed by atoms with Crippen LogP contribution in [-0.4, -0.2) is 18.8 Å². The molecule has 0 bridgehead atoms. The predicted molar refractivity (Wildman–Crippen MR) is 92.4 cm³/mol. The Labute approximate surface area is 138 Å². The van der Waals surface area contributed by atoms with Gasteiger partial charge in [-0.05, 0) is 62.9 Å². The van der Waals surface area contributed by atoms with Gasteiger partial charge in [-0.2, -0.15) is 0 Å². The van der Waals surface area contributed by atoms with E-state index in [1.54, 1.807) is 11.3 Å². The smallest absolute Gasteiger partial charge is 0.0884 e. The van der Waals surface area contributed by atoms with Crippen LogP contribution in [0.25, 0.3) is 0 Å². The summed E-state index contributed by atoms with van der Waals surface area (Å²) in [7, 11) is 0. The fraction of sp³-hybridized carbons (Fsp3) is 0.765. The summed E-state index contributed by atoms with van der Waals surface area (Å²) < 4.78 is 6.34. The summed E-state index contributed by atoms with van der Waals surface area (Å²) >= 11 is 8.19. The van der Waals surface area contributed by atoms with Crippen molar-refractivity contribution in [2.75, 3.05) is 13.2 Å². The van der Waals surface area contributed by atoms with E-state index in [1.807, 2.05) is 6.07 Å². The zero-order valence-electron chi connectivity index (χ0n) is 13.5. The van der Waals surface area contributed by atoms with E-state index in [0.29, 0.717) is 0 Å². The Morgan fingerprint density at radius 3 is 2.67 bits per heavy atom. The van der Waals surface area contributed by atoms with E-state index in [9.17, 15) is 0 Å². The molecular weight excluding hydrogens is 302 g/mol. The molecule has 0 aromatic carbocycles. The number of hydrogen-bond donors (Lipinski definition) is 1. The first kappa shape index (κ1) is 17.3. The minimum Gasteiger partial charge on any atom is -0.373 e. The van der Waals surface area contributed by atoms with Crippen molar-refractivity contribution < 1.29 is 4.74 Å². The van der Waals surface area contributed by atoms with Gasteiger partial charge in [-0.25, -0.2) is 0 Å². The van der Waals surface area contributed by atoms with Crippen LogP contribution in [0.2, 0.25) is 5.02 Å². The molecule has 120 valence electrons. The first-order valence-electron chi connectivity index (χ1n) is 8.23. The normalized spacial score (nSPS) is 27.7. The maximum absolute atomic E-state index is 6.44. The Morgan fingerprint density at radius 1 is 1.43 bits per heavy atom. The van der Waals surface area contributed by atoms with E-state index < -0.39 is 0 Å². The van der Waals surface area contributed by atoms with Crippen LogP contribution in [0.15, 0.2) is 11.4 Å². The van der Waals surface area contributed by atoms with E-state index in [2.05, 4.69) is 31.5 Å². The van der Waals surface area contributed by atoms with Crippen molar-refractivity contribution in [3.8, 4) is 0 Å². The summed E-state index contributed by atoms with van der Waals surface area (Å²) in [4.78, 5) is 1.24. The second-order valence-electron chi connectivity index (χ2n) is 6.20. The molecule has 0 aliphatic heterocycles. The van der Waals surface area contributed by atoms with Gasteiger partial charge in [0.2, 0.25) is 0 Å². The third-order valence-corrected chi connectivity index (χ3v) is 6.01. The molecule has 1 atom stereocenters. The van der Waals surface area contributed by atoms with Gasteiger partial charge in [0, 0.05) is 11.5 Å². The first-order chi connectivity index (χ1) is 10.1. The van der Waals surface area contributed by atoms with Crippen molar-refractivity contribution >= 4 is 22.9 Å². The molecule has 0 saturated heterocycles. The summed E-state index contributed by atoms with van der Waals surface area (Å²) in [5.41, 5.74) is -0.0923. The molecule has 1 N–H and O–H groups in total. The van der Waals surface area contributed by atoms with Crippen molar-refractivity contribution in [3.05, 3.63) is 21.3 Å². The average Bonchev–Trinajstić information content (AvgIpc) is 2.89. The Hall–Kier alpha value is -0.0900. The quantitative estimate of drug-likeness (QED) is 0.720. The molecule has 1 aromatic rings. The molecule has 1 saturated carbocycles. The fourth-order valence-corrected chi connectivity index (χ4v) is 4.72. The van der Waals surface area contributed by atoms with Crippen LogP contribution < -0.4 is 5.32 Å². The Bertz CT molecular complexity index is 426. The molecule has 2 rings (SSSR count). The van der Waals surface area contributed by atoms with Crippen molar-refractivity contribution in [3.63, 3.8) is 0 Å². The topological polar surface area (TPSA) is 21.3 Å². The zero-order chi connectivity index (χ0) is 15.3. The summed E-state index contributed by atoms with van der Waals surface area (Å²) in [6.07, 6.45) is 5.86. The zero-order valence-corrected chi connectivity index (χ0v) is 15.0. The van der Waals surface area contributed by atoms with Crippen LogP contribution >= 0.6 is 22.9 Å². The van der Waals surface area contributed by atoms with Gasteiger partial charge in [0.05, 0.1) is 16.7 Å². The van der Waals surface area contributed by atoms with Crippen molar-refractivity contribution in [2.24, 2.45) is 5.92 Å². The van der Waals surface area contributed by atoms with Gasteiger partial charge in [-0.1, -0.05) is 25.4 Å². The largest absolute Gasteiger partial charge is 0.373 e. The lowest BCUT2D eigenvalue weighted by Crippen LogP contribution is -2.48. The molecule has 0 spiro atoms. The molecule has 1 heterocycles. The van der Waals surface area contributed by atoms with Gasteiger partial charge >= 0.3 is 0 Å². The van der Waals surface area contributed by atoms with Gasteiger partial charge < -0.3 is 10.1 Å². The van der Waals surface area contributed by atoms with Crippen molar-refractivity contribution in [1.29, 1.82) is 0 Å². The number of hydrogen-bond acceptors (Lipinski definition) is 3. The molecule has 4 heteroatoms. The lowest BCUT2D eigenvalue weighted by molar-refractivity contribution is -0.0968. The third kappa shape index (κ3) is 4.01. The molecule has 1 aliphatic carbocycles. The highest BCUT2D eigenvalue weighted by atomic mass is 35.5. The summed E-state index contributed by atoms with van der Waals surface area (Å²) in [5, 5.41) is 6.69. The molecule has 1 aromatic heterocycles. The maximum Gasteiger partial charge on any atom is 0.0884 e. The number of rotatable bonds is 7. The van der Waals surface area contributed by atoms with Crippen molar-refractivity contribution in [1.82, 2.24) is 5.32 Å². The standard InChI is InChI=1S/C17H28ClNOS/c1-4-11-19-16(15-14(18)8-12-21-15)17(20-5-2)9-6-13(3)7-10-17/h8,12-13,16,19H,4-7,9-11H2,1-3H3. The molecule has 2 nitrogen and oxygen atoms in total.